The summed E-state index contributed by atoms with van der Waals surface area (Å²) in [6.45, 7) is 1.74. The van der Waals surface area contributed by atoms with Crippen LogP contribution in [0.4, 0.5) is 14.5 Å². The Morgan fingerprint density at radius 2 is 2.10 bits per heavy atom. The fraction of sp³-hybridized carbons (Fsp3) is 0.632. The number of rotatable bonds is 10. The molecule has 1 aromatic carbocycles. The second kappa shape index (κ2) is 13.2. The third kappa shape index (κ3) is 8.93. The number of benzene rings is 1. The van der Waals surface area contributed by atoms with Crippen LogP contribution < -0.4 is 20.3 Å². The number of ether oxygens (including phenoxy) is 1. The van der Waals surface area contributed by atoms with Crippen molar-refractivity contribution in [3.63, 3.8) is 0 Å². The summed E-state index contributed by atoms with van der Waals surface area (Å²) in [6, 6.07) is 6.87. The van der Waals surface area contributed by atoms with Gasteiger partial charge in [0.15, 0.2) is 5.96 Å². The zero-order chi connectivity index (χ0) is 22.1. The molecular formula is C19H32F2IN5O3S. The van der Waals surface area contributed by atoms with Crippen LogP contribution in [0.5, 0.6) is 5.75 Å². The first kappa shape index (κ1) is 27.6. The highest BCUT2D eigenvalue weighted by atomic mass is 127. The minimum absolute atomic E-state index is 0. The van der Waals surface area contributed by atoms with Gasteiger partial charge in [-0.05, 0) is 25.0 Å². The van der Waals surface area contributed by atoms with E-state index in [1.165, 1.54) is 10.6 Å². The molecule has 0 saturated carbocycles. The molecule has 1 aromatic rings. The number of alkyl halides is 2. The molecule has 31 heavy (non-hydrogen) atoms. The molecule has 0 aromatic heterocycles. The lowest BCUT2D eigenvalue weighted by molar-refractivity contribution is -0.0495. The molecule has 2 rings (SSSR count). The highest BCUT2D eigenvalue weighted by molar-refractivity contribution is 14.0. The van der Waals surface area contributed by atoms with Crippen molar-refractivity contribution in [1.29, 1.82) is 0 Å². The van der Waals surface area contributed by atoms with Crippen LogP contribution in [0.1, 0.15) is 19.8 Å². The van der Waals surface area contributed by atoms with Gasteiger partial charge in [0.25, 0.3) is 0 Å². The van der Waals surface area contributed by atoms with Crippen LogP contribution in [0.2, 0.25) is 0 Å². The van der Waals surface area contributed by atoms with Gasteiger partial charge < -0.3 is 20.3 Å². The Kier molecular flexibility index (Phi) is 11.8. The van der Waals surface area contributed by atoms with Gasteiger partial charge in [0.05, 0.1) is 11.9 Å². The summed E-state index contributed by atoms with van der Waals surface area (Å²) >= 11 is 0. The first-order chi connectivity index (χ1) is 14.2. The zero-order valence-electron chi connectivity index (χ0n) is 18.1. The largest absolute Gasteiger partial charge is 0.433 e. The minimum atomic E-state index is -3.19. The maximum absolute atomic E-state index is 12.7. The highest BCUT2D eigenvalue weighted by Crippen LogP contribution is 2.31. The van der Waals surface area contributed by atoms with Gasteiger partial charge in [-0.3, -0.25) is 4.99 Å². The van der Waals surface area contributed by atoms with Crippen LogP contribution >= 0.6 is 24.0 Å². The maximum atomic E-state index is 12.7. The first-order valence-corrected chi connectivity index (χ1v) is 11.8. The second-order valence-corrected chi connectivity index (χ2v) is 9.01. The average Bonchev–Trinajstić information content (AvgIpc) is 3.14. The zero-order valence-corrected chi connectivity index (χ0v) is 21.2. The average molecular weight is 575 g/mol. The fourth-order valence-corrected chi connectivity index (χ4v) is 4.35. The molecule has 0 bridgehead atoms. The van der Waals surface area contributed by atoms with Crippen LogP contribution in [0.15, 0.2) is 29.3 Å². The number of aliphatic imine (C=N–C) groups is 1. The van der Waals surface area contributed by atoms with Crippen molar-refractivity contribution in [2.24, 2.45) is 4.99 Å². The monoisotopic (exact) mass is 575 g/mol. The third-order valence-corrected chi connectivity index (χ3v) is 6.25. The quantitative estimate of drug-likeness (QED) is 0.193. The lowest BCUT2D eigenvalue weighted by atomic mass is 10.2. The molecule has 8 nitrogen and oxygen atoms in total. The third-order valence-electron chi connectivity index (χ3n) is 4.87. The molecule has 178 valence electrons. The number of halogens is 3. The first-order valence-electron chi connectivity index (χ1n) is 9.95. The number of para-hydroxylation sites is 2. The van der Waals surface area contributed by atoms with Crippen molar-refractivity contribution in [1.82, 2.24) is 14.9 Å². The number of nitrogens with one attached hydrogen (secondary N) is 2. The second-order valence-electron chi connectivity index (χ2n) is 7.03. The topological polar surface area (TPSA) is 86.3 Å². The molecule has 0 radical (unpaired) electrons. The number of hydrogen-bond acceptors (Lipinski definition) is 5. The van der Waals surface area contributed by atoms with E-state index >= 15 is 0 Å². The smallest absolute Gasteiger partial charge is 0.387 e. The maximum Gasteiger partial charge on any atom is 0.387 e. The van der Waals surface area contributed by atoms with Crippen molar-refractivity contribution in [2.75, 3.05) is 50.9 Å². The number of anilines is 1. The molecule has 12 heteroatoms. The Morgan fingerprint density at radius 3 is 2.71 bits per heavy atom. The van der Waals surface area contributed by atoms with Crippen molar-refractivity contribution >= 4 is 45.6 Å². The predicted octanol–water partition coefficient (Wildman–Crippen LogP) is 2.32. The molecule has 1 unspecified atom stereocenters. The predicted molar refractivity (Wildman–Crippen MR) is 130 cm³/mol. The van der Waals surface area contributed by atoms with Crippen LogP contribution in [-0.2, 0) is 10.0 Å². The summed E-state index contributed by atoms with van der Waals surface area (Å²) in [6.07, 6.45) is 2.68. The fourth-order valence-electron chi connectivity index (χ4n) is 3.42. The van der Waals surface area contributed by atoms with Gasteiger partial charge in [-0.1, -0.05) is 19.1 Å². The molecule has 0 amide bonds. The molecule has 1 aliphatic heterocycles. The Bertz CT molecular complexity index is 813. The van der Waals surface area contributed by atoms with E-state index in [2.05, 4.69) is 20.4 Å². The Morgan fingerprint density at radius 1 is 1.39 bits per heavy atom. The van der Waals surface area contributed by atoms with E-state index in [9.17, 15) is 17.2 Å². The van der Waals surface area contributed by atoms with E-state index in [0.29, 0.717) is 50.8 Å². The van der Waals surface area contributed by atoms with Gasteiger partial charge in [-0.15, -0.1) is 24.0 Å². The van der Waals surface area contributed by atoms with Gasteiger partial charge in [0.1, 0.15) is 5.75 Å². The van der Waals surface area contributed by atoms with Crippen molar-refractivity contribution in [3.05, 3.63) is 24.3 Å². The molecule has 0 spiro atoms. The highest BCUT2D eigenvalue weighted by Gasteiger charge is 2.26. The van der Waals surface area contributed by atoms with E-state index < -0.39 is 16.6 Å². The van der Waals surface area contributed by atoms with Crippen molar-refractivity contribution < 1.29 is 21.9 Å². The lowest BCUT2D eigenvalue weighted by Gasteiger charge is -2.23. The number of sulfonamides is 1. The number of nitrogens with zero attached hydrogens (tertiary/aromatic N) is 3. The summed E-state index contributed by atoms with van der Waals surface area (Å²) in [5, 5.41) is 6.53. The molecule has 1 fully saturated rings. The van der Waals surface area contributed by atoms with Crippen LogP contribution in [0, 0.1) is 0 Å². The van der Waals surface area contributed by atoms with E-state index in [0.717, 1.165) is 6.42 Å². The van der Waals surface area contributed by atoms with Gasteiger partial charge in [0, 0.05) is 45.8 Å². The molecule has 1 heterocycles. The lowest BCUT2D eigenvalue weighted by Crippen LogP contribution is -2.45. The van der Waals surface area contributed by atoms with Crippen molar-refractivity contribution in [3.8, 4) is 5.75 Å². The van der Waals surface area contributed by atoms with Crippen molar-refractivity contribution in [2.45, 2.75) is 32.4 Å². The Hall–Kier alpha value is -1.41. The van der Waals surface area contributed by atoms with Crippen LogP contribution in [-0.4, -0.2) is 77.4 Å². The Labute approximate surface area is 200 Å². The summed E-state index contributed by atoms with van der Waals surface area (Å²) in [5.74, 6) is 0.795. The van der Waals surface area contributed by atoms with E-state index in [-0.39, 0.29) is 35.8 Å². The van der Waals surface area contributed by atoms with Gasteiger partial charge in [-0.2, -0.15) is 8.78 Å². The normalized spacial score (nSPS) is 17.1. The Balaban J connectivity index is 0.00000480. The number of guanidine groups is 1. The standard InChI is InChI=1S/C19H31F2N5O3S.HI/c1-4-26(30(3,27)28)12-7-11-23-19(22-2)24-15-10-13-25(14-15)16-8-5-6-9-17(16)29-18(20)21;/h5-6,8-9,15,18H,4,7,10-14H2,1-3H3,(H2,22,23,24);1H. The van der Waals surface area contributed by atoms with Crippen LogP contribution in [0.25, 0.3) is 0 Å². The molecule has 1 atom stereocenters. The number of hydrogen-bond donors (Lipinski definition) is 2. The molecule has 1 aliphatic rings. The SMILES string of the molecule is CCN(CCCNC(=NC)NC1CCN(c2ccccc2OC(F)F)C1)S(C)(=O)=O.I. The minimum Gasteiger partial charge on any atom is -0.433 e. The van der Waals surface area contributed by atoms with Gasteiger partial charge in [0.2, 0.25) is 10.0 Å². The van der Waals surface area contributed by atoms with Crippen LogP contribution in [0.3, 0.4) is 0 Å². The summed E-state index contributed by atoms with van der Waals surface area (Å²) < 4.78 is 54.6. The van der Waals surface area contributed by atoms with E-state index in [1.54, 1.807) is 31.3 Å². The van der Waals surface area contributed by atoms with Gasteiger partial charge >= 0.3 is 6.61 Å². The summed E-state index contributed by atoms with van der Waals surface area (Å²) in [7, 11) is -1.52. The molecule has 1 saturated heterocycles. The van der Waals surface area contributed by atoms with E-state index in [4.69, 9.17) is 0 Å². The summed E-state index contributed by atoms with van der Waals surface area (Å²) in [4.78, 5) is 6.22. The molecule has 0 aliphatic carbocycles. The molecular weight excluding hydrogens is 543 g/mol. The molecule has 2 N–H and O–H groups in total. The summed E-state index contributed by atoms with van der Waals surface area (Å²) in [5.41, 5.74) is 0.644. The van der Waals surface area contributed by atoms with Gasteiger partial charge in [-0.25, -0.2) is 12.7 Å². The van der Waals surface area contributed by atoms with E-state index in [1.807, 2.05) is 11.8 Å².